The summed E-state index contributed by atoms with van der Waals surface area (Å²) in [4.78, 5) is 23.7. The minimum atomic E-state index is -0.617. The summed E-state index contributed by atoms with van der Waals surface area (Å²) >= 11 is 0. The second-order valence-electron chi connectivity index (χ2n) is 6.45. The third-order valence-corrected chi connectivity index (χ3v) is 4.75. The fourth-order valence-corrected chi connectivity index (χ4v) is 2.96. The Hall–Kier alpha value is -3.15. The van der Waals surface area contributed by atoms with Crippen LogP contribution in [0.15, 0.2) is 39.5 Å². The molecule has 5 nitrogen and oxygen atoms in total. The number of hydrogen-bond donors (Lipinski definition) is 1. The molecule has 0 fully saturated rings. The molecule has 0 aliphatic heterocycles. The van der Waals surface area contributed by atoms with Crippen LogP contribution in [-0.4, -0.2) is 13.1 Å². The fraction of sp³-hybridized carbons (Fsp3) is 0.238. The minimum Gasteiger partial charge on any atom is -0.465 e. The van der Waals surface area contributed by atoms with Crippen molar-refractivity contribution in [2.75, 3.05) is 12.4 Å². The number of nitrogens with one attached hydrogen (secondary N) is 1. The molecule has 0 aliphatic carbocycles. The molecule has 0 aliphatic rings. The first-order valence-electron chi connectivity index (χ1n) is 8.47. The summed E-state index contributed by atoms with van der Waals surface area (Å²) in [7, 11) is 1.24. The number of carbonyl (C=O) groups excluding carboxylic acids is 1. The molecule has 1 aromatic heterocycles. The van der Waals surface area contributed by atoms with Crippen molar-refractivity contribution in [3.8, 4) is 0 Å². The molecule has 0 saturated heterocycles. The maximum Gasteiger partial charge on any atom is 0.338 e. The highest BCUT2D eigenvalue weighted by molar-refractivity contribution is 5.91. The molecular formula is C21H20FNO4. The van der Waals surface area contributed by atoms with E-state index >= 15 is 0 Å². The number of methoxy groups -OCH3 is 1. The van der Waals surface area contributed by atoms with Crippen LogP contribution in [0.5, 0.6) is 0 Å². The van der Waals surface area contributed by atoms with Crippen LogP contribution in [0.1, 0.15) is 32.6 Å². The van der Waals surface area contributed by atoms with E-state index < -0.39 is 17.4 Å². The van der Waals surface area contributed by atoms with Crippen LogP contribution < -0.4 is 10.9 Å². The molecular weight excluding hydrogens is 349 g/mol. The van der Waals surface area contributed by atoms with Gasteiger partial charge in [0.2, 0.25) is 0 Å². The number of halogens is 1. The number of ether oxygens (including phenoxy) is 1. The Morgan fingerprint density at radius 2 is 1.89 bits per heavy atom. The van der Waals surface area contributed by atoms with Crippen LogP contribution in [0.3, 0.4) is 0 Å². The second kappa shape index (κ2) is 7.23. The van der Waals surface area contributed by atoms with Crippen molar-refractivity contribution < 1.29 is 18.3 Å². The predicted molar refractivity (Wildman–Crippen MR) is 102 cm³/mol. The zero-order chi connectivity index (χ0) is 19.7. The molecule has 0 unspecified atom stereocenters. The summed E-state index contributed by atoms with van der Waals surface area (Å²) in [6, 6.07) is 7.96. The third-order valence-electron chi connectivity index (χ3n) is 4.75. The zero-order valence-corrected chi connectivity index (χ0v) is 15.6. The van der Waals surface area contributed by atoms with E-state index in [0.717, 1.165) is 28.1 Å². The number of carbonyl (C=O) groups is 1. The van der Waals surface area contributed by atoms with Gasteiger partial charge in [-0.15, -0.1) is 0 Å². The summed E-state index contributed by atoms with van der Waals surface area (Å²) in [5, 5.41) is 3.93. The molecule has 0 radical (unpaired) electrons. The molecule has 0 atom stereocenters. The van der Waals surface area contributed by atoms with Gasteiger partial charge in [0.1, 0.15) is 11.4 Å². The van der Waals surface area contributed by atoms with Crippen LogP contribution in [0.2, 0.25) is 0 Å². The molecule has 27 heavy (non-hydrogen) atoms. The van der Waals surface area contributed by atoms with Gasteiger partial charge in [-0.25, -0.2) is 14.0 Å². The molecule has 0 bridgehead atoms. The monoisotopic (exact) mass is 369 g/mol. The average Bonchev–Trinajstić information content (AvgIpc) is 2.65. The van der Waals surface area contributed by atoms with E-state index in [1.165, 1.54) is 19.2 Å². The highest BCUT2D eigenvalue weighted by Crippen LogP contribution is 2.26. The molecule has 0 spiro atoms. The standard InChI is InChI=1S/C21H20FNO4/c1-11-5-6-16-15(9-19(24)27-20(16)12(11)2)10-23-18-8-14(21(25)26-4)7-17(22)13(18)3/h5-9,23H,10H2,1-4H3. The van der Waals surface area contributed by atoms with Crippen LogP contribution in [0.4, 0.5) is 10.1 Å². The maximum atomic E-state index is 14.2. The van der Waals surface area contributed by atoms with Gasteiger partial charge in [0, 0.05) is 29.2 Å². The van der Waals surface area contributed by atoms with E-state index in [1.807, 2.05) is 26.0 Å². The van der Waals surface area contributed by atoms with E-state index in [4.69, 9.17) is 4.42 Å². The lowest BCUT2D eigenvalue weighted by Gasteiger charge is -2.14. The summed E-state index contributed by atoms with van der Waals surface area (Å²) < 4.78 is 24.2. The lowest BCUT2D eigenvalue weighted by atomic mass is 10.0. The first-order chi connectivity index (χ1) is 12.8. The van der Waals surface area contributed by atoms with Crippen molar-refractivity contribution in [3.63, 3.8) is 0 Å². The van der Waals surface area contributed by atoms with Gasteiger partial charge in [0.15, 0.2) is 0 Å². The first-order valence-corrected chi connectivity index (χ1v) is 8.47. The zero-order valence-electron chi connectivity index (χ0n) is 15.6. The number of fused-ring (bicyclic) bond motifs is 1. The highest BCUT2D eigenvalue weighted by atomic mass is 19.1. The second-order valence-corrected chi connectivity index (χ2v) is 6.45. The predicted octanol–water partition coefficient (Wildman–Crippen LogP) is 4.26. The molecule has 2 aromatic carbocycles. The number of hydrogen-bond acceptors (Lipinski definition) is 5. The molecule has 1 heterocycles. The number of rotatable bonds is 4. The smallest absolute Gasteiger partial charge is 0.338 e. The quantitative estimate of drug-likeness (QED) is 0.550. The summed E-state index contributed by atoms with van der Waals surface area (Å²) in [6.45, 7) is 5.74. The van der Waals surface area contributed by atoms with E-state index in [2.05, 4.69) is 10.1 Å². The molecule has 1 N–H and O–H groups in total. The Morgan fingerprint density at radius 1 is 1.15 bits per heavy atom. The molecule has 3 rings (SSSR count). The minimum absolute atomic E-state index is 0.118. The third kappa shape index (κ3) is 3.56. The largest absolute Gasteiger partial charge is 0.465 e. The summed E-state index contributed by atoms with van der Waals surface area (Å²) in [6.07, 6.45) is 0. The van der Waals surface area contributed by atoms with E-state index in [-0.39, 0.29) is 12.1 Å². The first kappa shape index (κ1) is 18.6. The summed E-state index contributed by atoms with van der Waals surface area (Å²) in [5.41, 5.74) is 3.72. The van der Waals surface area contributed by atoms with E-state index in [9.17, 15) is 14.0 Å². The number of esters is 1. The summed E-state index contributed by atoms with van der Waals surface area (Å²) in [5.74, 6) is -1.13. The molecule has 0 amide bonds. The van der Waals surface area contributed by atoms with Crippen molar-refractivity contribution in [1.29, 1.82) is 0 Å². The Balaban J connectivity index is 2.01. The fourth-order valence-electron chi connectivity index (χ4n) is 2.96. The van der Waals surface area contributed by atoms with Gasteiger partial charge >= 0.3 is 11.6 Å². The van der Waals surface area contributed by atoms with Gasteiger partial charge in [-0.3, -0.25) is 0 Å². The Kier molecular flexibility index (Phi) is 4.99. The van der Waals surface area contributed by atoms with Crippen molar-refractivity contribution in [1.82, 2.24) is 0 Å². The highest BCUT2D eigenvalue weighted by Gasteiger charge is 2.14. The van der Waals surface area contributed by atoms with Crippen LogP contribution >= 0.6 is 0 Å². The Labute approximate surface area is 155 Å². The van der Waals surface area contributed by atoms with Gasteiger partial charge in [-0.2, -0.15) is 0 Å². The SMILES string of the molecule is COC(=O)c1cc(F)c(C)c(NCc2cc(=O)oc3c(C)c(C)ccc23)c1. The van der Waals surface area contributed by atoms with Gasteiger partial charge < -0.3 is 14.5 Å². The molecule has 3 aromatic rings. The van der Waals surface area contributed by atoms with E-state index in [0.29, 0.717) is 16.8 Å². The van der Waals surface area contributed by atoms with Gasteiger partial charge in [-0.05, 0) is 49.6 Å². The topological polar surface area (TPSA) is 68.5 Å². The maximum absolute atomic E-state index is 14.2. The van der Waals surface area contributed by atoms with Gasteiger partial charge in [-0.1, -0.05) is 12.1 Å². The normalized spacial score (nSPS) is 10.9. The molecule has 140 valence electrons. The van der Waals surface area contributed by atoms with Crippen LogP contribution in [-0.2, 0) is 11.3 Å². The van der Waals surface area contributed by atoms with Crippen molar-refractivity contribution >= 4 is 22.6 Å². The van der Waals surface area contributed by atoms with Crippen LogP contribution in [0, 0.1) is 26.6 Å². The Morgan fingerprint density at radius 3 is 2.59 bits per heavy atom. The molecule has 6 heteroatoms. The van der Waals surface area contributed by atoms with Crippen molar-refractivity contribution in [2.45, 2.75) is 27.3 Å². The number of aryl methyl sites for hydroxylation is 2. The lowest BCUT2D eigenvalue weighted by Crippen LogP contribution is -2.09. The van der Waals surface area contributed by atoms with Crippen molar-refractivity contribution in [3.05, 3.63) is 74.4 Å². The van der Waals surface area contributed by atoms with E-state index in [1.54, 1.807) is 6.92 Å². The lowest BCUT2D eigenvalue weighted by molar-refractivity contribution is 0.0600. The number of anilines is 1. The molecule has 0 saturated carbocycles. The Bertz CT molecular complexity index is 1100. The van der Waals surface area contributed by atoms with Gasteiger partial charge in [0.25, 0.3) is 0 Å². The van der Waals surface area contributed by atoms with Crippen molar-refractivity contribution in [2.24, 2.45) is 0 Å². The van der Waals surface area contributed by atoms with Gasteiger partial charge in [0.05, 0.1) is 12.7 Å². The average molecular weight is 369 g/mol. The van der Waals surface area contributed by atoms with Crippen LogP contribution in [0.25, 0.3) is 11.0 Å². The number of benzene rings is 2.